The summed E-state index contributed by atoms with van der Waals surface area (Å²) in [6.07, 6.45) is -5.35. The average molecular weight is 185 g/mol. The van der Waals surface area contributed by atoms with E-state index in [1.807, 2.05) is 0 Å². The maximum absolute atomic E-state index is 10.3. The highest BCUT2D eigenvalue weighted by molar-refractivity contribution is 9.09. The van der Waals surface area contributed by atoms with Crippen molar-refractivity contribution in [1.82, 2.24) is 0 Å². The van der Waals surface area contributed by atoms with Gasteiger partial charge in [0.25, 0.3) is 0 Å². The lowest BCUT2D eigenvalue weighted by molar-refractivity contribution is -0.137. The summed E-state index contributed by atoms with van der Waals surface area (Å²) in [5, 5.41) is 8.60. The number of carbonyl (C=O) groups is 1. The Balaban J connectivity index is 4.62. The van der Waals surface area contributed by atoms with E-state index in [-0.39, 0.29) is 11.8 Å². The third-order valence-corrected chi connectivity index (χ3v) is 0.811. The summed E-state index contributed by atoms with van der Waals surface area (Å²) in [4.78, 5) is 10.3. The van der Waals surface area contributed by atoms with E-state index in [2.05, 4.69) is 15.9 Å². The Morgan fingerprint density at radius 2 is 2.50 bits per heavy atom. The van der Waals surface area contributed by atoms with Crippen LogP contribution in [0.15, 0.2) is 0 Å². The molecule has 0 aromatic rings. The topological polar surface area (TPSA) is 37.3 Å². The van der Waals surface area contributed by atoms with Crippen LogP contribution in [0.1, 0.15) is 24.6 Å². The van der Waals surface area contributed by atoms with Crippen molar-refractivity contribution < 1.29 is 15.4 Å². The molecule has 48 valence electrons. The minimum atomic E-state index is -2.83. The molecule has 2 nitrogen and oxygen atoms in total. The monoisotopic (exact) mass is 184 g/mol. The van der Waals surface area contributed by atoms with Crippen LogP contribution in [-0.2, 0) is 4.79 Å². The van der Waals surface area contributed by atoms with Gasteiger partial charge in [0.15, 0.2) is 0 Å². The molecule has 0 heterocycles. The van der Waals surface area contributed by atoms with Gasteiger partial charge in [-0.3, -0.25) is 4.79 Å². The fourth-order valence-corrected chi connectivity index (χ4v) is 0.384. The van der Waals surface area contributed by atoms with Crippen molar-refractivity contribution in [2.45, 2.75) is 19.2 Å². The highest BCUT2D eigenvalue weighted by Gasteiger charge is 1.93. The van der Waals surface area contributed by atoms with E-state index < -0.39 is 18.7 Å². The number of rotatable bonds is 4. The van der Waals surface area contributed by atoms with Gasteiger partial charge in [-0.25, -0.2) is 0 Å². The van der Waals surface area contributed by atoms with Gasteiger partial charge in [0.2, 0.25) is 0 Å². The zero-order valence-electron chi connectivity index (χ0n) is 8.15. The quantitative estimate of drug-likeness (QED) is 0.676. The molecule has 0 radical (unpaired) electrons. The van der Waals surface area contributed by atoms with Gasteiger partial charge >= 0.3 is 5.97 Å². The summed E-state index contributed by atoms with van der Waals surface area (Å²) < 4.78 is 28.2. The minimum Gasteiger partial charge on any atom is -0.481 e. The summed E-state index contributed by atoms with van der Waals surface area (Å²) in [5.74, 6) is -1.77. The number of halogens is 1. The molecule has 0 amide bonds. The lowest BCUT2D eigenvalue weighted by atomic mass is 10.3. The second kappa shape index (κ2) is 5.09. The van der Waals surface area contributed by atoms with Gasteiger partial charge in [0.05, 0.1) is 0 Å². The predicted molar refractivity (Wildman–Crippen MR) is 35.3 cm³/mol. The molecule has 0 aromatic carbocycles. The summed E-state index contributed by atoms with van der Waals surface area (Å²) in [5.41, 5.74) is 0. The van der Waals surface area contributed by atoms with E-state index in [1.54, 1.807) is 0 Å². The van der Waals surface area contributed by atoms with Crippen LogP contribution in [0.5, 0.6) is 0 Å². The molecular weight excluding hydrogens is 172 g/mol. The second-order valence-corrected chi connectivity index (χ2v) is 1.84. The molecule has 0 bridgehead atoms. The van der Waals surface area contributed by atoms with Crippen molar-refractivity contribution in [3.63, 3.8) is 0 Å². The molecule has 0 aliphatic heterocycles. The molecular formula is C5H9BrO2. The van der Waals surface area contributed by atoms with Gasteiger partial charge in [-0.1, -0.05) is 15.9 Å². The molecule has 0 spiro atoms. The third-order valence-electron chi connectivity index (χ3n) is 0.415. The van der Waals surface area contributed by atoms with E-state index in [1.165, 1.54) is 0 Å². The molecule has 0 aliphatic carbocycles. The van der Waals surface area contributed by atoms with Crippen molar-refractivity contribution in [3.05, 3.63) is 0 Å². The molecule has 8 heavy (non-hydrogen) atoms. The van der Waals surface area contributed by atoms with Crippen LogP contribution in [0.4, 0.5) is 0 Å². The fraction of sp³-hybridized carbons (Fsp3) is 0.800. The normalized spacial score (nSPS) is 20.1. The minimum absolute atomic E-state index is 0.174. The first-order valence-electron chi connectivity index (χ1n) is 4.05. The zero-order valence-corrected chi connectivity index (χ0v) is 5.73. The van der Waals surface area contributed by atoms with E-state index in [0.717, 1.165) is 0 Å². The van der Waals surface area contributed by atoms with Gasteiger partial charge in [0, 0.05) is 17.2 Å². The van der Waals surface area contributed by atoms with Gasteiger partial charge in [-0.05, 0) is 12.8 Å². The van der Waals surface area contributed by atoms with Gasteiger partial charge in [-0.15, -0.1) is 0 Å². The first-order valence-corrected chi connectivity index (χ1v) is 3.17. The Morgan fingerprint density at radius 1 is 1.88 bits per heavy atom. The number of alkyl halides is 1. The standard InChI is InChI=1S/C5H9BrO2/c6-4-2-1-3-5(7)8/h1-4H2,(H,7,8)/i1D2,3D2. The van der Waals surface area contributed by atoms with Crippen LogP contribution in [-0.4, -0.2) is 16.4 Å². The smallest absolute Gasteiger partial charge is 0.303 e. The Labute approximate surface area is 62.6 Å². The van der Waals surface area contributed by atoms with Crippen LogP contribution in [0, 0.1) is 0 Å². The summed E-state index contributed by atoms with van der Waals surface area (Å²) in [6, 6.07) is 0. The van der Waals surface area contributed by atoms with Gasteiger partial charge < -0.3 is 5.11 Å². The van der Waals surface area contributed by atoms with Crippen LogP contribution in [0.3, 0.4) is 0 Å². The molecule has 0 saturated heterocycles. The van der Waals surface area contributed by atoms with Crippen molar-refractivity contribution >= 4 is 21.9 Å². The largest absolute Gasteiger partial charge is 0.481 e. The van der Waals surface area contributed by atoms with E-state index in [9.17, 15) is 4.79 Å². The average Bonchev–Trinajstić information content (AvgIpc) is 1.86. The number of carboxylic acid groups (broad SMARTS) is 1. The molecule has 0 saturated carbocycles. The van der Waals surface area contributed by atoms with Crippen molar-refractivity contribution in [2.24, 2.45) is 0 Å². The second-order valence-electron chi connectivity index (χ2n) is 1.05. The molecule has 0 atom stereocenters. The Hall–Kier alpha value is -0.0500. The highest BCUT2D eigenvalue weighted by atomic mass is 79.9. The first kappa shape index (κ1) is 3.20. The number of carboxylic acids is 1. The summed E-state index contributed by atoms with van der Waals surface area (Å²) in [7, 11) is 0. The Morgan fingerprint density at radius 3 is 2.88 bits per heavy atom. The van der Waals surface area contributed by atoms with Crippen LogP contribution >= 0.6 is 15.9 Å². The number of aliphatic carboxylic acids is 1. The van der Waals surface area contributed by atoms with Crippen LogP contribution in [0.2, 0.25) is 0 Å². The predicted octanol–water partition coefficient (Wildman–Crippen LogP) is 1.64. The van der Waals surface area contributed by atoms with Gasteiger partial charge in [-0.2, -0.15) is 0 Å². The number of hydrogen-bond donors (Lipinski definition) is 1. The molecule has 0 unspecified atom stereocenters. The molecule has 1 N–H and O–H groups in total. The van der Waals surface area contributed by atoms with Gasteiger partial charge in [0.1, 0.15) is 0 Å². The Kier molecular flexibility index (Phi) is 2.04. The lowest BCUT2D eigenvalue weighted by Crippen LogP contribution is -1.93. The summed E-state index contributed by atoms with van der Waals surface area (Å²) >= 11 is 2.93. The number of hydrogen-bond acceptors (Lipinski definition) is 1. The molecule has 0 aliphatic rings. The molecule has 0 fully saturated rings. The highest BCUT2D eigenvalue weighted by Crippen LogP contribution is 1.97. The SMILES string of the molecule is [2H]C([2H])(CCBr)C([2H])([2H])C(=O)O. The first-order chi connectivity index (χ1) is 5.25. The van der Waals surface area contributed by atoms with E-state index in [4.69, 9.17) is 10.6 Å². The summed E-state index contributed by atoms with van der Waals surface area (Å²) in [6.45, 7) is 0. The fourth-order valence-electron chi connectivity index (χ4n) is 0.185. The van der Waals surface area contributed by atoms with E-state index >= 15 is 0 Å². The van der Waals surface area contributed by atoms with Crippen molar-refractivity contribution in [1.29, 1.82) is 0 Å². The third kappa shape index (κ3) is 5.95. The van der Waals surface area contributed by atoms with E-state index in [0.29, 0.717) is 0 Å². The lowest BCUT2D eigenvalue weighted by Gasteiger charge is -1.88. The molecule has 0 aromatic heterocycles. The van der Waals surface area contributed by atoms with Crippen LogP contribution < -0.4 is 0 Å². The van der Waals surface area contributed by atoms with Crippen LogP contribution in [0.25, 0.3) is 0 Å². The zero-order chi connectivity index (χ0) is 9.99. The maximum Gasteiger partial charge on any atom is 0.303 e. The molecule has 3 heteroatoms. The van der Waals surface area contributed by atoms with Crippen molar-refractivity contribution in [3.8, 4) is 0 Å². The molecule has 0 rings (SSSR count). The Bertz CT molecular complexity index is 182. The maximum atomic E-state index is 10.3. The van der Waals surface area contributed by atoms with Crippen molar-refractivity contribution in [2.75, 3.05) is 5.33 Å².